The van der Waals surface area contributed by atoms with Crippen LogP contribution in [-0.4, -0.2) is 29.8 Å². The van der Waals surface area contributed by atoms with Crippen LogP contribution in [0.4, 0.5) is 0 Å². The molecule has 5 rings (SSSR count). The average Bonchev–Trinajstić information content (AvgIpc) is 3.02. The number of benzene rings is 5. The molecule has 204 valence electrons. The van der Waals surface area contributed by atoms with Crippen molar-refractivity contribution < 1.29 is 24.2 Å². The van der Waals surface area contributed by atoms with Gasteiger partial charge in [0.15, 0.2) is 17.1 Å². The number of rotatable bonds is 9. The Balaban J connectivity index is 1.35. The Morgan fingerprint density at radius 2 is 1.44 bits per heavy atom. The number of aliphatic hydroxyl groups is 1. The molecule has 0 heterocycles. The van der Waals surface area contributed by atoms with Crippen molar-refractivity contribution in [2.24, 2.45) is 5.10 Å². The first-order valence-corrected chi connectivity index (χ1v) is 13.1. The molecule has 7 heteroatoms. The van der Waals surface area contributed by atoms with Crippen molar-refractivity contribution in [3.63, 3.8) is 0 Å². The Morgan fingerprint density at radius 3 is 2.12 bits per heavy atom. The van der Waals surface area contributed by atoms with Crippen molar-refractivity contribution in [2.45, 2.75) is 12.5 Å². The van der Waals surface area contributed by atoms with Gasteiger partial charge in [0.05, 0.1) is 18.4 Å². The second kappa shape index (κ2) is 12.3. The summed E-state index contributed by atoms with van der Waals surface area (Å²) in [6.45, 7) is 2.17. The highest BCUT2D eigenvalue weighted by Crippen LogP contribution is 2.31. The van der Waals surface area contributed by atoms with Gasteiger partial charge in [-0.3, -0.25) is 4.79 Å². The minimum absolute atomic E-state index is 0.258. The molecule has 2 N–H and O–H groups in total. The van der Waals surface area contributed by atoms with Crippen molar-refractivity contribution in [2.75, 3.05) is 6.61 Å². The molecular weight excluding hydrogens is 516 g/mol. The predicted octanol–water partition coefficient (Wildman–Crippen LogP) is 5.84. The van der Waals surface area contributed by atoms with Crippen LogP contribution in [0.3, 0.4) is 0 Å². The molecule has 0 saturated carbocycles. The zero-order chi connectivity index (χ0) is 28.7. The summed E-state index contributed by atoms with van der Waals surface area (Å²) in [6, 6.07) is 35.4. The minimum atomic E-state index is -1.95. The van der Waals surface area contributed by atoms with Crippen LogP contribution in [-0.2, 0) is 10.4 Å². The molecule has 7 nitrogen and oxygen atoms in total. The zero-order valence-electron chi connectivity index (χ0n) is 22.4. The maximum absolute atomic E-state index is 13.3. The van der Waals surface area contributed by atoms with Crippen LogP contribution >= 0.6 is 0 Å². The van der Waals surface area contributed by atoms with Gasteiger partial charge in [0.1, 0.15) is 0 Å². The van der Waals surface area contributed by atoms with Crippen molar-refractivity contribution >= 4 is 28.9 Å². The zero-order valence-corrected chi connectivity index (χ0v) is 22.4. The predicted molar refractivity (Wildman–Crippen MR) is 158 cm³/mol. The lowest BCUT2D eigenvalue weighted by Gasteiger charge is -2.27. The molecule has 0 unspecified atom stereocenters. The molecule has 5 aromatic rings. The van der Waals surface area contributed by atoms with E-state index in [1.54, 1.807) is 72.8 Å². The quantitative estimate of drug-likeness (QED) is 0.105. The summed E-state index contributed by atoms with van der Waals surface area (Å²) in [4.78, 5) is 26.3. The van der Waals surface area contributed by atoms with Gasteiger partial charge < -0.3 is 14.6 Å². The van der Waals surface area contributed by atoms with E-state index in [1.807, 2.05) is 55.5 Å². The number of carbonyl (C=O) groups is 2. The Kier molecular flexibility index (Phi) is 8.18. The van der Waals surface area contributed by atoms with Gasteiger partial charge in [-0.1, -0.05) is 97.1 Å². The van der Waals surface area contributed by atoms with Crippen LogP contribution in [0, 0.1) is 0 Å². The minimum Gasteiger partial charge on any atom is -0.490 e. The third-order valence-electron chi connectivity index (χ3n) is 6.57. The molecule has 0 aliphatic rings. The van der Waals surface area contributed by atoms with Gasteiger partial charge in [0.2, 0.25) is 0 Å². The number of carbonyl (C=O) groups excluding carboxylic acids is 2. The van der Waals surface area contributed by atoms with Crippen LogP contribution in [0.5, 0.6) is 11.5 Å². The Morgan fingerprint density at radius 1 is 0.805 bits per heavy atom. The van der Waals surface area contributed by atoms with E-state index in [0.717, 1.165) is 10.8 Å². The molecule has 0 aliphatic carbocycles. The van der Waals surface area contributed by atoms with E-state index < -0.39 is 17.5 Å². The number of nitrogens with one attached hydrogen (secondary N) is 1. The molecule has 0 atom stereocenters. The molecule has 41 heavy (non-hydrogen) atoms. The average molecular weight is 545 g/mol. The number of fused-ring (bicyclic) bond motifs is 1. The number of nitrogens with zero attached hydrogens (tertiary/aromatic N) is 1. The monoisotopic (exact) mass is 544 g/mol. The SMILES string of the molecule is CCOc1cc(/C=N\NC(=O)C(O)(c2ccccc2)c2ccccc2)ccc1OC(=O)c1cccc2ccccc12. The second-order valence-electron chi connectivity index (χ2n) is 9.20. The van der Waals surface area contributed by atoms with Gasteiger partial charge in [-0.25, -0.2) is 10.2 Å². The van der Waals surface area contributed by atoms with E-state index in [2.05, 4.69) is 10.5 Å². The van der Waals surface area contributed by atoms with Crippen LogP contribution in [0.2, 0.25) is 0 Å². The standard InChI is InChI=1S/C34H28N2O5/c1-2-40-31-22-24(20-21-30(31)41-32(37)29-19-11-13-25-12-9-10-18-28(25)29)23-35-36-33(38)34(39,26-14-5-3-6-15-26)27-16-7-4-8-17-27/h3-23,39H,2H2,1H3,(H,36,38)/b35-23-. The first-order chi connectivity index (χ1) is 20.0. The number of ether oxygens (including phenoxy) is 2. The van der Waals surface area contributed by atoms with E-state index in [9.17, 15) is 14.7 Å². The van der Waals surface area contributed by atoms with Crippen molar-refractivity contribution in [1.82, 2.24) is 5.43 Å². The van der Waals surface area contributed by atoms with Gasteiger partial charge in [0, 0.05) is 0 Å². The molecule has 0 bridgehead atoms. The number of hydrogen-bond acceptors (Lipinski definition) is 6. The van der Waals surface area contributed by atoms with Gasteiger partial charge >= 0.3 is 5.97 Å². The molecule has 1 amide bonds. The van der Waals surface area contributed by atoms with E-state index in [1.165, 1.54) is 6.21 Å². The Bertz CT molecular complexity index is 1660. The number of esters is 1. The van der Waals surface area contributed by atoms with Gasteiger partial charge in [-0.15, -0.1) is 0 Å². The van der Waals surface area contributed by atoms with Gasteiger partial charge in [-0.2, -0.15) is 5.10 Å². The van der Waals surface area contributed by atoms with Crippen LogP contribution in [0.25, 0.3) is 10.8 Å². The highest BCUT2D eigenvalue weighted by atomic mass is 16.6. The normalized spacial score (nSPS) is 11.4. The van der Waals surface area contributed by atoms with Crippen LogP contribution < -0.4 is 14.9 Å². The van der Waals surface area contributed by atoms with E-state index >= 15 is 0 Å². The fourth-order valence-corrected chi connectivity index (χ4v) is 4.55. The first-order valence-electron chi connectivity index (χ1n) is 13.1. The summed E-state index contributed by atoms with van der Waals surface area (Å²) in [5.74, 6) is -0.607. The topological polar surface area (TPSA) is 97.2 Å². The van der Waals surface area contributed by atoms with Crippen LogP contribution in [0.15, 0.2) is 126 Å². The van der Waals surface area contributed by atoms with Crippen molar-refractivity contribution in [3.8, 4) is 11.5 Å². The molecule has 0 aliphatic heterocycles. The fraction of sp³-hybridized carbons (Fsp3) is 0.0882. The van der Waals surface area contributed by atoms with Crippen LogP contribution in [0.1, 0.15) is 34.0 Å². The third kappa shape index (κ3) is 5.85. The fourth-order valence-electron chi connectivity index (χ4n) is 4.55. The number of hydrazone groups is 1. The Hall–Kier alpha value is -5.27. The van der Waals surface area contributed by atoms with E-state index in [-0.39, 0.29) is 5.75 Å². The summed E-state index contributed by atoms with van der Waals surface area (Å²) in [5, 5.41) is 17.4. The lowest BCUT2D eigenvalue weighted by Crippen LogP contribution is -2.43. The molecule has 0 radical (unpaired) electrons. The van der Waals surface area contributed by atoms with Gasteiger partial charge in [0.25, 0.3) is 5.91 Å². The van der Waals surface area contributed by atoms with Crippen molar-refractivity contribution in [3.05, 3.63) is 144 Å². The van der Waals surface area contributed by atoms with E-state index in [0.29, 0.717) is 34.6 Å². The number of amides is 1. The molecular formula is C34H28N2O5. The molecule has 0 aromatic heterocycles. The summed E-state index contributed by atoms with van der Waals surface area (Å²) in [5.41, 5.74) is 2.37. The second-order valence-corrected chi connectivity index (χ2v) is 9.20. The third-order valence-corrected chi connectivity index (χ3v) is 6.57. The maximum atomic E-state index is 13.3. The van der Waals surface area contributed by atoms with Crippen molar-refractivity contribution in [1.29, 1.82) is 0 Å². The molecule has 0 saturated heterocycles. The summed E-state index contributed by atoms with van der Waals surface area (Å²) in [6.07, 6.45) is 1.42. The molecule has 0 spiro atoms. The summed E-state index contributed by atoms with van der Waals surface area (Å²) >= 11 is 0. The highest BCUT2D eigenvalue weighted by molar-refractivity contribution is 6.05. The lowest BCUT2D eigenvalue weighted by molar-refractivity contribution is -0.136. The summed E-state index contributed by atoms with van der Waals surface area (Å²) < 4.78 is 11.5. The lowest BCUT2D eigenvalue weighted by atomic mass is 9.85. The smallest absolute Gasteiger partial charge is 0.344 e. The maximum Gasteiger partial charge on any atom is 0.344 e. The van der Waals surface area contributed by atoms with E-state index in [4.69, 9.17) is 9.47 Å². The number of hydrogen-bond donors (Lipinski definition) is 2. The van der Waals surface area contributed by atoms with Gasteiger partial charge in [-0.05, 0) is 58.7 Å². The molecule has 5 aromatic carbocycles. The highest BCUT2D eigenvalue weighted by Gasteiger charge is 2.39. The summed E-state index contributed by atoms with van der Waals surface area (Å²) in [7, 11) is 0. The first kappa shape index (κ1) is 27.3. The Labute approximate surface area is 237 Å². The molecule has 0 fully saturated rings. The largest absolute Gasteiger partial charge is 0.490 e.